The summed E-state index contributed by atoms with van der Waals surface area (Å²) in [6, 6.07) is 5.09. The number of hydrogen-bond donors (Lipinski definition) is 2. The van der Waals surface area contributed by atoms with Crippen molar-refractivity contribution in [2.75, 3.05) is 19.5 Å². The van der Waals surface area contributed by atoms with Crippen LogP contribution >= 0.6 is 24.0 Å². The summed E-state index contributed by atoms with van der Waals surface area (Å²) < 4.78 is 10.4. The molecular weight excluding hydrogens is 393 g/mol. The highest BCUT2D eigenvalue weighted by Gasteiger charge is 2.22. The summed E-state index contributed by atoms with van der Waals surface area (Å²) in [5.74, 6) is 4.17. The Morgan fingerprint density at radius 3 is 2.32 bits per heavy atom. The molecule has 122 valence electrons. The molecule has 0 heterocycles. The molecule has 0 radical (unpaired) electrons. The van der Waals surface area contributed by atoms with Gasteiger partial charge in [-0.25, -0.2) is 4.99 Å². The maximum atomic E-state index is 5.91. The Morgan fingerprint density at radius 2 is 1.86 bits per heavy atom. The van der Waals surface area contributed by atoms with Crippen LogP contribution in [0.15, 0.2) is 23.2 Å². The number of methoxy groups -OCH3 is 2. The van der Waals surface area contributed by atoms with E-state index in [1.165, 1.54) is 0 Å². The molecule has 0 bridgehead atoms. The molecule has 0 saturated heterocycles. The largest absolute Gasteiger partial charge is 0.493 e. The van der Waals surface area contributed by atoms with Crippen LogP contribution in [-0.2, 0) is 0 Å². The zero-order chi connectivity index (χ0) is 16.0. The number of hydrogen-bond acceptors (Lipinski definition) is 3. The first-order valence-corrected chi connectivity index (χ1v) is 6.60. The smallest absolute Gasteiger partial charge is 0.194 e. The van der Waals surface area contributed by atoms with Gasteiger partial charge in [0.2, 0.25) is 0 Å². The van der Waals surface area contributed by atoms with E-state index in [0.717, 1.165) is 5.69 Å². The van der Waals surface area contributed by atoms with Gasteiger partial charge in [-0.3, -0.25) is 0 Å². The van der Waals surface area contributed by atoms with Crippen molar-refractivity contribution in [2.45, 2.75) is 26.8 Å². The summed E-state index contributed by atoms with van der Waals surface area (Å²) >= 11 is 0. The number of nitrogens with zero attached hydrogens (tertiary/aromatic N) is 1. The van der Waals surface area contributed by atoms with Crippen LogP contribution < -0.4 is 20.5 Å². The maximum absolute atomic E-state index is 5.91. The van der Waals surface area contributed by atoms with Gasteiger partial charge in [-0.1, -0.05) is 26.7 Å². The average molecular weight is 417 g/mol. The fourth-order valence-electron chi connectivity index (χ4n) is 1.71. The number of ether oxygens (including phenoxy) is 2. The van der Waals surface area contributed by atoms with Crippen molar-refractivity contribution >= 4 is 35.6 Å². The Balaban J connectivity index is 0.00000441. The molecule has 0 aliphatic rings. The number of benzene rings is 1. The number of nitrogens with one attached hydrogen (secondary N) is 1. The van der Waals surface area contributed by atoms with Gasteiger partial charge in [-0.05, 0) is 17.5 Å². The number of terminal acetylenes is 1. The zero-order valence-corrected chi connectivity index (χ0v) is 16.0. The van der Waals surface area contributed by atoms with Crippen molar-refractivity contribution in [3.63, 3.8) is 0 Å². The zero-order valence-electron chi connectivity index (χ0n) is 13.6. The number of rotatable bonds is 4. The first-order chi connectivity index (χ1) is 9.81. The van der Waals surface area contributed by atoms with E-state index < -0.39 is 0 Å². The molecule has 1 aromatic carbocycles. The predicted molar refractivity (Wildman–Crippen MR) is 102 cm³/mol. The Morgan fingerprint density at radius 1 is 1.27 bits per heavy atom. The van der Waals surface area contributed by atoms with E-state index in [9.17, 15) is 0 Å². The lowest BCUT2D eigenvalue weighted by Gasteiger charge is -2.23. The van der Waals surface area contributed by atoms with Crippen LogP contribution in [0.3, 0.4) is 0 Å². The van der Waals surface area contributed by atoms with Crippen LogP contribution in [0.4, 0.5) is 5.69 Å². The number of nitrogens with two attached hydrogens (primary N) is 1. The summed E-state index contributed by atoms with van der Waals surface area (Å²) in [6.45, 7) is 6.06. The number of anilines is 1. The molecule has 1 atom stereocenters. The molecule has 1 aromatic rings. The Hall–Kier alpha value is -1.62. The van der Waals surface area contributed by atoms with Gasteiger partial charge in [-0.15, -0.1) is 30.4 Å². The fraction of sp³-hybridized carbons (Fsp3) is 0.438. The predicted octanol–water partition coefficient (Wildman–Crippen LogP) is 3.10. The van der Waals surface area contributed by atoms with E-state index in [1.54, 1.807) is 26.4 Å². The second-order valence-corrected chi connectivity index (χ2v) is 5.64. The van der Waals surface area contributed by atoms with Crippen molar-refractivity contribution < 1.29 is 9.47 Å². The minimum atomic E-state index is -0.301. The van der Waals surface area contributed by atoms with Gasteiger partial charge in [0.1, 0.15) is 6.04 Å². The average Bonchev–Trinajstić information content (AvgIpc) is 2.43. The number of halogens is 1. The highest BCUT2D eigenvalue weighted by Crippen LogP contribution is 2.29. The van der Waals surface area contributed by atoms with Crippen LogP contribution in [0, 0.1) is 17.8 Å². The first-order valence-electron chi connectivity index (χ1n) is 6.60. The standard InChI is InChI=1S/C16H23N3O2.HI/c1-7-14(16(2,3)4)19-15(17)18-11-8-9-12(20-5)13(10-11)21-6;/h1,8-10,14H,2-6H3,(H3,17,18,19);1H. The van der Waals surface area contributed by atoms with E-state index in [4.69, 9.17) is 21.6 Å². The summed E-state index contributed by atoms with van der Waals surface area (Å²) in [7, 11) is 3.16. The van der Waals surface area contributed by atoms with E-state index >= 15 is 0 Å². The monoisotopic (exact) mass is 417 g/mol. The third-order valence-corrected chi connectivity index (χ3v) is 2.90. The Labute approximate surface area is 149 Å². The molecular formula is C16H24IN3O2. The molecule has 5 nitrogen and oxygen atoms in total. The lowest BCUT2D eigenvalue weighted by molar-refractivity contribution is 0.355. The molecule has 0 saturated carbocycles. The quantitative estimate of drug-likeness (QED) is 0.342. The van der Waals surface area contributed by atoms with Crippen LogP contribution in [0.2, 0.25) is 0 Å². The maximum Gasteiger partial charge on any atom is 0.194 e. The second-order valence-electron chi connectivity index (χ2n) is 5.64. The fourth-order valence-corrected chi connectivity index (χ4v) is 1.71. The highest BCUT2D eigenvalue weighted by molar-refractivity contribution is 14.0. The molecule has 1 rings (SSSR count). The van der Waals surface area contributed by atoms with Gasteiger partial charge >= 0.3 is 0 Å². The lowest BCUT2D eigenvalue weighted by atomic mass is 9.88. The van der Waals surface area contributed by atoms with Crippen LogP contribution in [0.5, 0.6) is 11.5 Å². The van der Waals surface area contributed by atoms with Crippen LogP contribution in [-0.4, -0.2) is 26.2 Å². The third-order valence-electron chi connectivity index (χ3n) is 2.90. The summed E-state index contributed by atoms with van der Waals surface area (Å²) in [4.78, 5) is 4.33. The summed E-state index contributed by atoms with van der Waals surface area (Å²) in [5, 5.41) is 3.00. The van der Waals surface area contributed by atoms with Gasteiger partial charge in [0.05, 0.1) is 14.2 Å². The molecule has 1 unspecified atom stereocenters. The SMILES string of the molecule is C#CC(N=C(N)Nc1ccc(OC)c(OC)c1)C(C)(C)C.I. The van der Waals surface area contributed by atoms with Gasteiger partial charge in [0.25, 0.3) is 0 Å². The highest BCUT2D eigenvalue weighted by atomic mass is 127. The minimum Gasteiger partial charge on any atom is -0.493 e. The van der Waals surface area contributed by atoms with Gasteiger partial charge in [-0.2, -0.15) is 0 Å². The van der Waals surface area contributed by atoms with Crippen molar-refractivity contribution in [1.82, 2.24) is 0 Å². The Bertz CT molecular complexity index is 559. The van der Waals surface area contributed by atoms with Gasteiger partial charge < -0.3 is 20.5 Å². The van der Waals surface area contributed by atoms with E-state index in [2.05, 4.69) is 16.2 Å². The normalized spacial score (nSPS) is 12.6. The molecule has 0 aromatic heterocycles. The van der Waals surface area contributed by atoms with Crippen molar-refractivity contribution in [3.8, 4) is 23.8 Å². The molecule has 0 aliphatic heterocycles. The van der Waals surface area contributed by atoms with E-state index in [1.807, 2.05) is 26.8 Å². The van der Waals surface area contributed by atoms with Crippen molar-refractivity contribution in [1.29, 1.82) is 0 Å². The lowest BCUT2D eigenvalue weighted by Crippen LogP contribution is -2.30. The third kappa shape index (κ3) is 5.64. The van der Waals surface area contributed by atoms with E-state index in [-0.39, 0.29) is 41.4 Å². The molecule has 0 aliphatic carbocycles. The topological polar surface area (TPSA) is 68.9 Å². The molecule has 22 heavy (non-hydrogen) atoms. The van der Waals surface area contributed by atoms with Crippen molar-refractivity contribution in [3.05, 3.63) is 18.2 Å². The molecule has 6 heteroatoms. The Kier molecular flexibility index (Phi) is 8.09. The van der Waals surface area contributed by atoms with Crippen LogP contribution in [0.1, 0.15) is 20.8 Å². The first kappa shape index (κ1) is 20.4. The molecule has 3 N–H and O–H groups in total. The number of aliphatic imine (C=N–C) groups is 1. The van der Waals surface area contributed by atoms with Gasteiger partial charge in [0, 0.05) is 11.8 Å². The van der Waals surface area contributed by atoms with Gasteiger partial charge in [0.15, 0.2) is 17.5 Å². The van der Waals surface area contributed by atoms with E-state index in [0.29, 0.717) is 11.5 Å². The summed E-state index contributed by atoms with van der Waals surface area (Å²) in [5.41, 5.74) is 6.51. The van der Waals surface area contributed by atoms with Crippen molar-refractivity contribution in [2.24, 2.45) is 16.1 Å². The molecule has 0 spiro atoms. The number of guanidine groups is 1. The van der Waals surface area contributed by atoms with Crippen LogP contribution in [0.25, 0.3) is 0 Å². The molecule has 0 amide bonds. The molecule has 0 fully saturated rings. The second kappa shape index (κ2) is 8.73. The summed E-state index contributed by atoms with van der Waals surface area (Å²) in [6.07, 6.45) is 5.51. The minimum absolute atomic E-state index is 0.